The van der Waals surface area contributed by atoms with Gasteiger partial charge >= 0.3 is 0 Å². The molecule has 0 aliphatic heterocycles. The zero-order chi connectivity index (χ0) is 10.1. The third-order valence-corrected chi connectivity index (χ3v) is 3.78. The van der Waals surface area contributed by atoms with E-state index in [1.165, 1.54) is 19.3 Å². The fourth-order valence-corrected chi connectivity index (χ4v) is 2.16. The van der Waals surface area contributed by atoms with E-state index >= 15 is 0 Å². The van der Waals surface area contributed by atoms with Crippen molar-refractivity contribution in [1.29, 1.82) is 0 Å². The Balaban J connectivity index is 2.81. The van der Waals surface area contributed by atoms with Crippen LogP contribution in [0, 0.1) is 10.8 Å². The van der Waals surface area contributed by atoms with Crippen LogP contribution in [0.5, 0.6) is 0 Å². The van der Waals surface area contributed by atoms with Gasteiger partial charge in [-0.3, -0.25) is 0 Å². The fourth-order valence-electron chi connectivity index (χ4n) is 2.16. The largest absolute Gasteiger partial charge is 0.0961 e. The summed E-state index contributed by atoms with van der Waals surface area (Å²) in [5, 5.41) is 0. The van der Waals surface area contributed by atoms with E-state index in [1.807, 2.05) is 0 Å². The van der Waals surface area contributed by atoms with Gasteiger partial charge in [-0.15, -0.1) is 0 Å². The second-order valence-corrected chi connectivity index (χ2v) is 5.33. The van der Waals surface area contributed by atoms with Gasteiger partial charge in [0.2, 0.25) is 0 Å². The Bertz CT molecular complexity index is 232. The summed E-state index contributed by atoms with van der Waals surface area (Å²) < 4.78 is 0. The van der Waals surface area contributed by atoms with E-state index < -0.39 is 0 Å². The van der Waals surface area contributed by atoms with Crippen LogP contribution in [-0.2, 0) is 0 Å². The predicted molar refractivity (Wildman–Crippen MR) is 59.7 cm³/mol. The summed E-state index contributed by atoms with van der Waals surface area (Å²) in [6.07, 6.45) is 8.58. The summed E-state index contributed by atoms with van der Waals surface area (Å²) in [5.74, 6) is 0. The van der Waals surface area contributed by atoms with Crippen LogP contribution in [-0.4, -0.2) is 0 Å². The van der Waals surface area contributed by atoms with Crippen molar-refractivity contribution in [3.8, 4) is 0 Å². The zero-order valence-electron chi connectivity index (χ0n) is 9.48. The Morgan fingerprint density at radius 2 is 1.85 bits per heavy atom. The van der Waals surface area contributed by atoms with Crippen LogP contribution < -0.4 is 0 Å². The van der Waals surface area contributed by atoms with Crippen LogP contribution in [0.3, 0.4) is 0 Å². The van der Waals surface area contributed by atoms with E-state index in [1.54, 1.807) is 0 Å². The maximum absolute atomic E-state index is 3.91. The van der Waals surface area contributed by atoms with Crippen LogP contribution in [0.1, 0.15) is 47.0 Å². The molecule has 0 heteroatoms. The average Bonchev–Trinajstić information content (AvgIpc) is 2.24. The molecule has 0 heterocycles. The fraction of sp³-hybridized carbons (Fsp3) is 0.692. The first-order chi connectivity index (χ1) is 5.87. The highest BCUT2D eigenvalue weighted by Crippen LogP contribution is 2.53. The van der Waals surface area contributed by atoms with Gasteiger partial charge in [0, 0.05) is 0 Å². The molecule has 74 valence electrons. The van der Waals surface area contributed by atoms with Gasteiger partial charge in [0.05, 0.1) is 0 Å². The molecule has 0 nitrogen and oxygen atoms in total. The Labute approximate surface area is 82.7 Å². The number of hydrogen-bond acceptors (Lipinski definition) is 0. The molecule has 0 saturated heterocycles. The van der Waals surface area contributed by atoms with Crippen molar-refractivity contribution in [2.24, 2.45) is 10.8 Å². The lowest BCUT2D eigenvalue weighted by Crippen LogP contribution is -2.27. The van der Waals surface area contributed by atoms with Crippen LogP contribution >= 0.6 is 0 Å². The van der Waals surface area contributed by atoms with Crippen molar-refractivity contribution < 1.29 is 0 Å². The van der Waals surface area contributed by atoms with Crippen LogP contribution in [0.15, 0.2) is 24.3 Å². The van der Waals surface area contributed by atoms with E-state index in [0.717, 1.165) is 5.57 Å². The molecule has 0 amide bonds. The minimum absolute atomic E-state index is 0.381. The Morgan fingerprint density at radius 1 is 1.23 bits per heavy atom. The minimum Gasteiger partial charge on any atom is -0.0961 e. The first kappa shape index (κ1) is 10.6. The third-order valence-electron chi connectivity index (χ3n) is 3.78. The molecule has 1 aliphatic rings. The van der Waals surface area contributed by atoms with Gasteiger partial charge in [0.1, 0.15) is 0 Å². The molecule has 1 rings (SSSR count). The SMILES string of the molecule is C=C(C)/C=C/[C@]1(C)CCCC1(C)C. The molecule has 1 atom stereocenters. The maximum Gasteiger partial charge on any atom is -0.00922 e. The summed E-state index contributed by atoms with van der Waals surface area (Å²) in [6, 6.07) is 0. The summed E-state index contributed by atoms with van der Waals surface area (Å²) in [4.78, 5) is 0. The van der Waals surface area contributed by atoms with E-state index in [0.29, 0.717) is 10.8 Å². The molecule has 1 aliphatic carbocycles. The summed E-state index contributed by atoms with van der Waals surface area (Å²) in [6.45, 7) is 13.1. The van der Waals surface area contributed by atoms with E-state index in [4.69, 9.17) is 0 Å². The highest BCUT2D eigenvalue weighted by atomic mass is 14.5. The van der Waals surface area contributed by atoms with E-state index in [-0.39, 0.29) is 0 Å². The highest BCUT2D eigenvalue weighted by Gasteiger charge is 2.42. The molecule has 0 aromatic rings. The van der Waals surface area contributed by atoms with Gasteiger partial charge in [-0.05, 0) is 30.6 Å². The average molecular weight is 178 g/mol. The predicted octanol–water partition coefficient (Wildman–Crippen LogP) is 4.34. The molecule has 1 fully saturated rings. The smallest absolute Gasteiger partial charge is 0.00922 e. The lowest BCUT2D eigenvalue weighted by Gasteiger charge is -2.35. The molecule has 0 bridgehead atoms. The standard InChI is InChI=1S/C13H22/c1-11(2)7-10-13(5)9-6-8-12(13,3)4/h7,10H,1,6,8-9H2,2-5H3/b10-7+/t13-/m0/s1. The Kier molecular flexibility index (Phi) is 2.70. The second-order valence-electron chi connectivity index (χ2n) is 5.33. The van der Waals surface area contributed by atoms with Crippen LogP contribution in [0.25, 0.3) is 0 Å². The second kappa shape index (κ2) is 3.32. The lowest BCUT2D eigenvalue weighted by atomic mass is 9.69. The number of hydrogen-bond donors (Lipinski definition) is 0. The van der Waals surface area contributed by atoms with Gasteiger partial charge < -0.3 is 0 Å². The van der Waals surface area contributed by atoms with Crippen LogP contribution in [0.2, 0.25) is 0 Å². The van der Waals surface area contributed by atoms with Crippen LogP contribution in [0.4, 0.5) is 0 Å². The van der Waals surface area contributed by atoms with Crippen molar-refractivity contribution in [1.82, 2.24) is 0 Å². The highest BCUT2D eigenvalue weighted by molar-refractivity contribution is 5.17. The molecule has 0 unspecified atom stereocenters. The van der Waals surface area contributed by atoms with E-state index in [9.17, 15) is 0 Å². The number of rotatable bonds is 2. The summed E-state index contributed by atoms with van der Waals surface area (Å²) >= 11 is 0. The van der Waals surface area contributed by atoms with Gasteiger partial charge in [-0.2, -0.15) is 0 Å². The first-order valence-corrected chi connectivity index (χ1v) is 5.22. The third kappa shape index (κ3) is 2.04. The van der Waals surface area contributed by atoms with Crippen molar-refractivity contribution in [2.45, 2.75) is 47.0 Å². The Hall–Kier alpha value is -0.520. The topological polar surface area (TPSA) is 0 Å². The molecule has 0 radical (unpaired) electrons. The molecule has 0 spiro atoms. The van der Waals surface area contributed by atoms with Crippen molar-refractivity contribution in [3.05, 3.63) is 24.3 Å². The quantitative estimate of drug-likeness (QED) is 0.552. The Morgan fingerprint density at radius 3 is 2.23 bits per heavy atom. The molecule has 0 aromatic carbocycles. The van der Waals surface area contributed by atoms with Gasteiger partial charge in [0.25, 0.3) is 0 Å². The van der Waals surface area contributed by atoms with Crippen molar-refractivity contribution in [2.75, 3.05) is 0 Å². The first-order valence-electron chi connectivity index (χ1n) is 5.22. The van der Waals surface area contributed by atoms with Gasteiger partial charge in [-0.1, -0.05) is 51.5 Å². The molecule has 13 heavy (non-hydrogen) atoms. The lowest BCUT2D eigenvalue weighted by molar-refractivity contribution is 0.192. The molecular weight excluding hydrogens is 156 g/mol. The van der Waals surface area contributed by atoms with Crippen molar-refractivity contribution >= 4 is 0 Å². The normalized spacial score (nSPS) is 32.6. The monoisotopic (exact) mass is 178 g/mol. The number of allylic oxidation sites excluding steroid dienone is 3. The molecular formula is C13H22. The summed E-state index contributed by atoms with van der Waals surface area (Å²) in [5.41, 5.74) is 1.99. The zero-order valence-corrected chi connectivity index (χ0v) is 9.48. The molecule has 0 N–H and O–H groups in total. The maximum atomic E-state index is 3.91. The molecule has 1 saturated carbocycles. The summed E-state index contributed by atoms with van der Waals surface area (Å²) in [7, 11) is 0. The van der Waals surface area contributed by atoms with E-state index in [2.05, 4.69) is 46.4 Å². The van der Waals surface area contributed by atoms with Gasteiger partial charge in [-0.25, -0.2) is 0 Å². The van der Waals surface area contributed by atoms with Gasteiger partial charge in [0.15, 0.2) is 0 Å². The molecule has 0 aromatic heterocycles. The van der Waals surface area contributed by atoms with Crippen molar-refractivity contribution in [3.63, 3.8) is 0 Å². The minimum atomic E-state index is 0.381.